The molecule has 0 radical (unpaired) electrons. The van der Waals surface area contributed by atoms with Gasteiger partial charge in [-0.1, -0.05) is 65.2 Å². The van der Waals surface area contributed by atoms with E-state index in [1.807, 2.05) is 0 Å². The number of carbonyl (C=O) groups is 1. The van der Waals surface area contributed by atoms with Crippen LogP contribution in [0.1, 0.15) is 47.0 Å². The zero-order valence-electron chi connectivity index (χ0n) is 12.0. The maximum absolute atomic E-state index is 11.9. The summed E-state index contributed by atoms with van der Waals surface area (Å²) in [6.45, 7) is 13.2. The summed E-state index contributed by atoms with van der Waals surface area (Å²) in [5.74, 6) is -0.140. The summed E-state index contributed by atoms with van der Waals surface area (Å²) in [5.41, 5.74) is 0. The van der Waals surface area contributed by atoms with Crippen molar-refractivity contribution in [2.24, 2.45) is 0 Å². The largest absolute Gasteiger partial charge is 0.463 e. The van der Waals surface area contributed by atoms with Crippen LogP contribution in [0.25, 0.3) is 0 Å². The van der Waals surface area contributed by atoms with Gasteiger partial charge in [-0.2, -0.15) is 0 Å². The number of hydrogen-bond acceptors (Lipinski definition) is 2. The molecular weight excluding hydrogens is 228 g/mol. The summed E-state index contributed by atoms with van der Waals surface area (Å²) in [6, 6.07) is 3.26. The van der Waals surface area contributed by atoms with Crippen molar-refractivity contribution in [3.05, 3.63) is 11.8 Å². The second-order valence-electron chi connectivity index (χ2n) is 4.66. The van der Waals surface area contributed by atoms with Crippen molar-refractivity contribution in [1.82, 2.24) is 0 Å². The molecule has 0 aromatic rings. The van der Waals surface area contributed by atoms with Crippen LogP contribution in [0.15, 0.2) is 11.8 Å². The van der Waals surface area contributed by atoms with Crippen LogP contribution in [0.3, 0.4) is 0 Å². The van der Waals surface area contributed by atoms with Gasteiger partial charge < -0.3 is 4.74 Å². The standard InChI is InChI=1S/C14H28O2Si/c1-6-10-11-12-16-14(15)13(5)17(7-2,8-3)9-4/h5-12H2,1-4H3. The maximum Gasteiger partial charge on any atom is 0.329 e. The lowest BCUT2D eigenvalue weighted by Gasteiger charge is -2.28. The van der Waals surface area contributed by atoms with Crippen LogP contribution in [-0.2, 0) is 9.53 Å². The van der Waals surface area contributed by atoms with Gasteiger partial charge in [0.25, 0.3) is 0 Å². The van der Waals surface area contributed by atoms with Gasteiger partial charge in [0, 0.05) is 5.20 Å². The Morgan fingerprint density at radius 3 is 2.00 bits per heavy atom. The highest BCUT2D eigenvalue weighted by atomic mass is 28.3. The fraction of sp³-hybridized carbons (Fsp3) is 0.786. The summed E-state index contributed by atoms with van der Waals surface area (Å²) >= 11 is 0. The lowest BCUT2D eigenvalue weighted by atomic mass is 10.3. The number of carbonyl (C=O) groups excluding carboxylic acids is 1. The Balaban J connectivity index is 4.32. The van der Waals surface area contributed by atoms with Gasteiger partial charge in [0.15, 0.2) is 0 Å². The van der Waals surface area contributed by atoms with Gasteiger partial charge in [0.05, 0.1) is 14.7 Å². The van der Waals surface area contributed by atoms with Crippen molar-refractivity contribution in [2.75, 3.05) is 6.61 Å². The first kappa shape index (κ1) is 16.4. The third kappa shape index (κ3) is 4.66. The van der Waals surface area contributed by atoms with Crippen molar-refractivity contribution in [3.63, 3.8) is 0 Å². The number of esters is 1. The van der Waals surface area contributed by atoms with Crippen LogP contribution >= 0.6 is 0 Å². The van der Waals surface area contributed by atoms with Gasteiger partial charge in [0.1, 0.15) is 0 Å². The highest BCUT2D eigenvalue weighted by Crippen LogP contribution is 2.28. The molecule has 0 aliphatic carbocycles. The minimum Gasteiger partial charge on any atom is -0.463 e. The molecule has 0 amide bonds. The Kier molecular flexibility index (Phi) is 8.22. The number of hydrogen-bond donors (Lipinski definition) is 0. The molecule has 0 atom stereocenters. The maximum atomic E-state index is 11.9. The molecule has 3 heteroatoms. The van der Waals surface area contributed by atoms with Crippen molar-refractivity contribution in [1.29, 1.82) is 0 Å². The Morgan fingerprint density at radius 2 is 1.59 bits per heavy atom. The summed E-state index contributed by atoms with van der Waals surface area (Å²) in [4.78, 5) is 11.9. The quantitative estimate of drug-likeness (QED) is 0.266. The fourth-order valence-corrected chi connectivity index (χ4v) is 5.50. The van der Waals surface area contributed by atoms with Gasteiger partial charge in [-0.05, 0) is 6.42 Å². The molecule has 0 bridgehead atoms. The van der Waals surface area contributed by atoms with Gasteiger partial charge in [-0.15, -0.1) is 0 Å². The van der Waals surface area contributed by atoms with E-state index in [9.17, 15) is 4.79 Å². The molecule has 2 nitrogen and oxygen atoms in total. The van der Waals surface area contributed by atoms with E-state index in [-0.39, 0.29) is 5.97 Å². The lowest BCUT2D eigenvalue weighted by Crippen LogP contribution is -2.38. The SMILES string of the molecule is C=C(C(=O)OCCCCC)[Si](CC)(CC)CC. The van der Waals surface area contributed by atoms with Gasteiger partial charge >= 0.3 is 5.97 Å². The molecule has 17 heavy (non-hydrogen) atoms. The van der Waals surface area contributed by atoms with Gasteiger partial charge in [-0.25, -0.2) is 4.79 Å². The Hall–Kier alpha value is -0.573. The second kappa shape index (κ2) is 8.51. The second-order valence-corrected chi connectivity index (χ2v) is 9.95. The molecule has 0 fully saturated rings. The first-order valence-electron chi connectivity index (χ1n) is 6.94. The molecule has 0 unspecified atom stereocenters. The third-order valence-electron chi connectivity index (χ3n) is 3.90. The summed E-state index contributed by atoms with van der Waals surface area (Å²) in [7, 11) is -1.62. The number of ether oxygens (including phenoxy) is 1. The Bertz CT molecular complexity index is 236. The van der Waals surface area contributed by atoms with E-state index in [1.165, 1.54) is 0 Å². The fourth-order valence-electron chi connectivity index (χ4n) is 2.21. The molecule has 0 rings (SSSR count). The van der Waals surface area contributed by atoms with E-state index < -0.39 is 8.07 Å². The van der Waals surface area contributed by atoms with E-state index in [2.05, 4.69) is 34.3 Å². The molecule has 0 N–H and O–H groups in total. The molecule has 0 aromatic heterocycles. The summed E-state index contributed by atoms with van der Waals surface area (Å²) in [5, 5.41) is 0.793. The van der Waals surface area contributed by atoms with E-state index in [0.717, 1.165) is 42.6 Å². The molecule has 0 saturated heterocycles. The Morgan fingerprint density at radius 1 is 1.06 bits per heavy atom. The normalized spacial score (nSPS) is 11.3. The first-order valence-corrected chi connectivity index (χ1v) is 9.56. The molecule has 100 valence electrons. The van der Waals surface area contributed by atoms with E-state index in [1.54, 1.807) is 0 Å². The summed E-state index contributed by atoms with van der Waals surface area (Å²) in [6.07, 6.45) is 3.24. The molecule has 0 spiro atoms. The predicted molar refractivity (Wildman–Crippen MR) is 76.8 cm³/mol. The highest BCUT2D eigenvalue weighted by Gasteiger charge is 2.34. The molecule has 0 aliphatic heterocycles. The molecule has 0 aliphatic rings. The first-order chi connectivity index (χ1) is 8.07. The zero-order chi connectivity index (χ0) is 13.3. The predicted octanol–water partition coefficient (Wildman–Crippen LogP) is 4.32. The molecule has 0 heterocycles. The third-order valence-corrected chi connectivity index (χ3v) is 9.44. The topological polar surface area (TPSA) is 26.3 Å². The van der Waals surface area contributed by atoms with Crippen LogP contribution in [-0.4, -0.2) is 20.7 Å². The van der Waals surface area contributed by atoms with Crippen molar-refractivity contribution >= 4 is 14.0 Å². The lowest BCUT2D eigenvalue weighted by molar-refractivity contribution is -0.138. The average Bonchev–Trinajstić information content (AvgIpc) is 2.37. The van der Waals surface area contributed by atoms with Crippen molar-refractivity contribution in [2.45, 2.75) is 65.1 Å². The van der Waals surface area contributed by atoms with E-state index in [0.29, 0.717) is 6.61 Å². The molecule has 0 aromatic carbocycles. The number of rotatable bonds is 9. The minimum absolute atomic E-state index is 0.140. The smallest absolute Gasteiger partial charge is 0.329 e. The Labute approximate surface area is 107 Å². The average molecular weight is 256 g/mol. The van der Waals surface area contributed by atoms with Gasteiger partial charge in [0.2, 0.25) is 0 Å². The zero-order valence-corrected chi connectivity index (χ0v) is 13.0. The van der Waals surface area contributed by atoms with E-state index >= 15 is 0 Å². The van der Waals surface area contributed by atoms with Crippen LogP contribution in [0.4, 0.5) is 0 Å². The monoisotopic (exact) mass is 256 g/mol. The van der Waals surface area contributed by atoms with Crippen LogP contribution < -0.4 is 0 Å². The van der Waals surface area contributed by atoms with Crippen molar-refractivity contribution in [3.8, 4) is 0 Å². The highest BCUT2D eigenvalue weighted by molar-refractivity contribution is 6.89. The number of unbranched alkanes of at least 4 members (excludes halogenated alkanes) is 2. The molecular formula is C14H28O2Si. The van der Waals surface area contributed by atoms with Crippen molar-refractivity contribution < 1.29 is 9.53 Å². The summed E-state index contributed by atoms with van der Waals surface area (Å²) < 4.78 is 5.31. The van der Waals surface area contributed by atoms with E-state index in [4.69, 9.17) is 4.74 Å². The minimum atomic E-state index is -1.62. The van der Waals surface area contributed by atoms with Crippen LogP contribution in [0, 0.1) is 0 Å². The molecule has 0 saturated carbocycles. The van der Waals surface area contributed by atoms with Crippen LogP contribution in [0.2, 0.25) is 18.1 Å². The van der Waals surface area contributed by atoms with Gasteiger partial charge in [-0.3, -0.25) is 0 Å². The van der Waals surface area contributed by atoms with Crippen LogP contribution in [0.5, 0.6) is 0 Å².